The Balaban J connectivity index is 1.81. The fraction of sp³-hybridized carbons (Fsp3) is 0.238. The third kappa shape index (κ3) is 3.55. The predicted octanol–water partition coefficient (Wildman–Crippen LogP) is 4.56. The number of aromatic nitrogens is 2. The molecule has 0 unspecified atom stereocenters. The smallest absolute Gasteiger partial charge is 0.335 e. The van der Waals surface area contributed by atoms with Crippen molar-refractivity contribution >= 4 is 23.4 Å². The number of hydrogen-bond acceptors (Lipinski definition) is 3. The minimum atomic E-state index is -0.945. The highest BCUT2D eigenvalue weighted by Crippen LogP contribution is 2.30. The lowest BCUT2D eigenvalue weighted by molar-refractivity contribution is 0.0697. The van der Waals surface area contributed by atoms with Crippen molar-refractivity contribution in [3.8, 4) is 5.69 Å². The molecule has 4 rings (SSSR count). The van der Waals surface area contributed by atoms with Crippen molar-refractivity contribution in [1.82, 2.24) is 9.78 Å². The number of carbonyl (C=O) groups is 1. The summed E-state index contributed by atoms with van der Waals surface area (Å²) in [5.74, 6) is 0.0106. The molecule has 0 spiro atoms. The van der Waals surface area contributed by atoms with Gasteiger partial charge in [0.2, 0.25) is 0 Å². The molecule has 1 aliphatic rings. The largest absolute Gasteiger partial charge is 0.478 e. The van der Waals surface area contributed by atoms with Crippen LogP contribution in [0.2, 0.25) is 5.02 Å². The van der Waals surface area contributed by atoms with Crippen LogP contribution in [0.5, 0.6) is 0 Å². The summed E-state index contributed by atoms with van der Waals surface area (Å²) in [7, 11) is 0. The molecule has 0 atom stereocenters. The van der Waals surface area contributed by atoms with E-state index in [2.05, 4.69) is 5.32 Å². The highest BCUT2D eigenvalue weighted by molar-refractivity contribution is 6.31. The van der Waals surface area contributed by atoms with Gasteiger partial charge >= 0.3 is 5.97 Å². The van der Waals surface area contributed by atoms with Gasteiger partial charge in [-0.05, 0) is 49.1 Å². The van der Waals surface area contributed by atoms with Crippen LogP contribution in [0.4, 0.5) is 5.82 Å². The number of carboxylic acids is 1. The molecule has 2 aromatic carbocycles. The molecule has 0 fully saturated rings. The lowest BCUT2D eigenvalue weighted by atomic mass is 10.0. The summed E-state index contributed by atoms with van der Waals surface area (Å²) in [6.07, 6.45) is 3.78. The molecular formula is C21H20ClN3O2. The number of hydrogen-bond donors (Lipinski definition) is 2. The molecule has 3 aromatic rings. The minimum absolute atomic E-state index is 0.248. The second-order valence-electron chi connectivity index (χ2n) is 6.69. The molecule has 1 aliphatic heterocycles. The first-order valence-corrected chi connectivity index (χ1v) is 9.43. The Labute approximate surface area is 162 Å². The van der Waals surface area contributed by atoms with Crippen molar-refractivity contribution in [3.05, 3.63) is 75.9 Å². The monoisotopic (exact) mass is 381 g/mol. The number of carboxylic acid groups (broad SMARTS) is 1. The van der Waals surface area contributed by atoms with Gasteiger partial charge in [-0.2, -0.15) is 5.10 Å². The molecule has 1 aromatic heterocycles. The van der Waals surface area contributed by atoms with E-state index in [1.54, 1.807) is 18.2 Å². The van der Waals surface area contributed by atoms with E-state index in [-0.39, 0.29) is 5.56 Å². The van der Waals surface area contributed by atoms with Gasteiger partial charge in [-0.1, -0.05) is 35.9 Å². The number of halogens is 1. The van der Waals surface area contributed by atoms with Gasteiger partial charge in [0.15, 0.2) is 0 Å². The van der Waals surface area contributed by atoms with E-state index in [0.29, 0.717) is 6.42 Å². The molecule has 5 nitrogen and oxygen atoms in total. The van der Waals surface area contributed by atoms with Crippen molar-refractivity contribution in [3.63, 3.8) is 0 Å². The molecule has 0 bridgehead atoms. The highest BCUT2D eigenvalue weighted by Gasteiger charge is 2.21. The SMILES string of the molecule is O=C(O)c1cccc(-n2nc(Cc3ccccc3Cl)c3c2NCCCC3)c1. The molecular weight excluding hydrogens is 362 g/mol. The van der Waals surface area contributed by atoms with Crippen LogP contribution < -0.4 is 5.32 Å². The summed E-state index contributed by atoms with van der Waals surface area (Å²) in [5.41, 5.74) is 4.19. The fourth-order valence-corrected chi connectivity index (χ4v) is 3.70. The molecule has 0 saturated heterocycles. The summed E-state index contributed by atoms with van der Waals surface area (Å²) in [5, 5.41) is 18.4. The second-order valence-corrected chi connectivity index (χ2v) is 7.10. The quantitative estimate of drug-likeness (QED) is 0.695. The first kappa shape index (κ1) is 17.6. The van der Waals surface area contributed by atoms with Crippen molar-refractivity contribution in [2.75, 3.05) is 11.9 Å². The highest BCUT2D eigenvalue weighted by atomic mass is 35.5. The maximum atomic E-state index is 11.4. The molecule has 0 amide bonds. The molecule has 27 heavy (non-hydrogen) atoms. The van der Waals surface area contributed by atoms with Gasteiger partial charge in [-0.15, -0.1) is 0 Å². The fourth-order valence-electron chi connectivity index (χ4n) is 3.50. The molecule has 0 aliphatic carbocycles. The summed E-state index contributed by atoms with van der Waals surface area (Å²) in [6.45, 7) is 0.878. The zero-order valence-electron chi connectivity index (χ0n) is 14.8. The van der Waals surface area contributed by atoms with Crippen LogP contribution in [0.15, 0.2) is 48.5 Å². The van der Waals surface area contributed by atoms with Gasteiger partial charge in [0.05, 0.1) is 16.9 Å². The Morgan fingerprint density at radius 1 is 1.19 bits per heavy atom. The Morgan fingerprint density at radius 3 is 2.85 bits per heavy atom. The van der Waals surface area contributed by atoms with Gasteiger partial charge in [-0.3, -0.25) is 0 Å². The van der Waals surface area contributed by atoms with Gasteiger partial charge < -0.3 is 10.4 Å². The first-order chi connectivity index (χ1) is 13.1. The van der Waals surface area contributed by atoms with E-state index in [1.165, 1.54) is 5.56 Å². The number of anilines is 1. The third-order valence-electron chi connectivity index (χ3n) is 4.87. The van der Waals surface area contributed by atoms with Crippen molar-refractivity contribution < 1.29 is 9.90 Å². The normalized spacial score (nSPS) is 13.5. The molecule has 2 N–H and O–H groups in total. The van der Waals surface area contributed by atoms with Crippen molar-refractivity contribution in [2.24, 2.45) is 0 Å². The zero-order chi connectivity index (χ0) is 18.8. The van der Waals surface area contributed by atoms with Crippen LogP contribution in [0.1, 0.15) is 40.0 Å². The van der Waals surface area contributed by atoms with Gasteiger partial charge in [0, 0.05) is 23.6 Å². The van der Waals surface area contributed by atoms with E-state index in [4.69, 9.17) is 16.7 Å². The lowest BCUT2D eigenvalue weighted by Crippen LogP contribution is -2.08. The van der Waals surface area contributed by atoms with Crippen LogP contribution in [-0.2, 0) is 12.8 Å². The summed E-state index contributed by atoms with van der Waals surface area (Å²) in [6, 6.07) is 14.7. The maximum absolute atomic E-state index is 11.4. The number of aromatic carboxylic acids is 1. The van der Waals surface area contributed by atoms with Crippen LogP contribution in [-0.4, -0.2) is 27.4 Å². The number of nitrogens with one attached hydrogen (secondary N) is 1. The Kier molecular flexibility index (Phi) is 4.86. The summed E-state index contributed by atoms with van der Waals surface area (Å²) >= 11 is 6.35. The Morgan fingerprint density at radius 2 is 2.04 bits per heavy atom. The number of fused-ring (bicyclic) bond motifs is 1. The summed E-state index contributed by atoms with van der Waals surface area (Å²) in [4.78, 5) is 11.4. The predicted molar refractivity (Wildman–Crippen MR) is 106 cm³/mol. The zero-order valence-corrected chi connectivity index (χ0v) is 15.5. The number of benzene rings is 2. The molecule has 138 valence electrons. The van der Waals surface area contributed by atoms with E-state index in [1.807, 2.05) is 35.0 Å². The minimum Gasteiger partial charge on any atom is -0.478 e. The Bertz CT molecular complexity index is 997. The first-order valence-electron chi connectivity index (χ1n) is 9.05. The molecule has 2 heterocycles. The Hall–Kier alpha value is -2.79. The topological polar surface area (TPSA) is 67.1 Å². The van der Waals surface area contributed by atoms with Crippen LogP contribution in [0.25, 0.3) is 5.69 Å². The number of rotatable bonds is 4. The molecule has 0 saturated carbocycles. The maximum Gasteiger partial charge on any atom is 0.335 e. The lowest BCUT2D eigenvalue weighted by Gasteiger charge is -2.09. The third-order valence-corrected chi connectivity index (χ3v) is 5.23. The van der Waals surface area contributed by atoms with E-state index in [0.717, 1.165) is 53.6 Å². The number of nitrogens with zero attached hydrogens (tertiary/aromatic N) is 2. The summed E-state index contributed by atoms with van der Waals surface area (Å²) < 4.78 is 1.83. The van der Waals surface area contributed by atoms with Crippen LogP contribution in [0, 0.1) is 0 Å². The van der Waals surface area contributed by atoms with Crippen molar-refractivity contribution in [1.29, 1.82) is 0 Å². The van der Waals surface area contributed by atoms with E-state index >= 15 is 0 Å². The second kappa shape index (κ2) is 7.45. The molecule has 6 heteroatoms. The van der Waals surface area contributed by atoms with Gasteiger partial charge in [0.1, 0.15) is 5.82 Å². The average molecular weight is 382 g/mol. The van der Waals surface area contributed by atoms with Gasteiger partial charge in [0.25, 0.3) is 0 Å². The average Bonchev–Trinajstić information content (AvgIpc) is 2.85. The van der Waals surface area contributed by atoms with Crippen LogP contribution >= 0.6 is 11.6 Å². The van der Waals surface area contributed by atoms with E-state index in [9.17, 15) is 9.90 Å². The standard InChI is InChI=1S/C21H20ClN3O2/c22-18-10-2-1-6-14(18)13-19-17-9-3-4-11-23-20(17)25(24-19)16-8-5-7-15(12-16)21(26)27/h1-2,5-8,10,12,23H,3-4,9,11,13H2,(H,26,27). The molecule has 0 radical (unpaired) electrons. The van der Waals surface area contributed by atoms with Gasteiger partial charge in [-0.25, -0.2) is 9.48 Å². The van der Waals surface area contributed by atoms with Crippen molar-refractivity contribution in [2.45, 2.75) is 25.7 Å². The van der Waals surface area contributed by atoms with Crippen LogP contribution in [0.3, 0.4) is 0 Å². The van der Waals surface area contributed by atoms with E-state index < -0.39 is 5.97 Å².